The summed E-state index contributed by atoms with van der Waals surface area (Å²) in [5.74, 6) is 0.913. The van der Waals surface area contributed by atoms with Gasteiger partial charge in [-0.3, -0.25) is 9.80 Å². The molecule has 2 N–H and O–H groups in total. The SMILES string of the molecule is CCNC(=NCc1ccccc1CN1CCN(CC)CC1)NCCCN1CCOCC1.I. The Balaban J connectivity index is 0.00000363. The molecule has 2 aliphatic rings. The van der Waals surface area contributed by atoms with Gasteiger partial charge < -0.3 is 20.3 Å². The van der Waals surface area contributed by atoms with Gasteiger partial charge in [0, 0.05) is 58.9 Å². The van der Waals surface area contributed by atoms with E-state index in [2.05, 4.69) is 63.4 Å². The molecule has 0 spiro atoms. The van der Waals surface area contributed by atoms with Crippen molar-refractivity contribution in [3.63, 3.8) is 0 Å². The molecule has 2 heterocycles. The van der Waals surface area contributed by atoms with Crippen LogP contribution in [-0.2, 0) is 17.8 Å². The molecule has 0 aromatic heterocycles. The van der Waals surface area contributed by atoms with Crippen LogP contribution >= 0.6 is 24.0 Å². The molecule has 0 unspecified atom stereocenters. The number of rotatable bonds is 10. The molecule has 32 heavy (non-hydrogen) atoms. The van der Waals surface area contributed by atoms with Crippen LogP contribution in [0.25, 0.3) is 0 Å². The lowest BCUT2D eigenvalue weighted by Gasteiger charge is -2.34. The minimum absolute atomic E-state index is 0. The van der Waals surface area contributed by atoms with Crippen molar-refractivity contribution in [2.75, 3.05) is 78.7 Å². The molecule has 1 aromatic carbocycles. The van der Waals surface area contributed by atoms with Crippen LogP contribution in [0.3, 0.4) is 0 Å². The third-order valence-electron chi connectivity index (χ3n) is 6.22. The molecule has 0 atom stereocenters. The molecule has 2 aliphatic heterocycles. The van der Waals surface area contributed by atoms with Crippen molar-refractivity contribution in [3.05, 3.63) is 35.4 Å². The van der Waals surface area contributed by atoms with E-state index < -0.39 is 0 Å². The maximum absolute atomic E-state index is 5.43. The average molecular weight is 559 g/mol. The molecule has 2 saturated heterocycles. The van der Waals surface area contributed by atoms with Gasteiger partial charge in [0.05, 0.1) is 19.8 Å². The lowest BCUT2D eigenvalue weighted by Crippen LogP contribution is -2.45. The predicted molar refractivity (Wildman–Crippen MR) is 144 cm³/mol. The molecule has 1 aromatic rings. The standard InChI is InChI=1S/C24H42N6O.HI/c1-3-25-24(26-10-7-11-29-16-18-31-19-17-29)27-20-22-8-5-6-9-23(22)21-30-14-12-28(4-2)13-15-30;/h5-6,8-9H,3-4,7,10-21H2,1-2H3,(H2,25,26,27);1H. The Labute approximate surface area is 212 Å². The zero-order valence-corrected chi connectivity index (χ0v) is 22.4. The summed E-state index contributed by atoms with van der Waals surface area (Å²) in [6.45, 7) is 18.7. The summed E-state index contributed by atoms with van der Waals surface area (Å²) in [4.78, 5) is 12.5. The molecule has 3 rings (SSSR count). The summed E-state index contributed by atoms with van der Waals surface area (Å²) < 4.78 is 5.43. The van der Waals surface area contributed by atoms with Crippen LogP contribution in [0.4, 0.5) is 0 Å². The number of hydrogen-bond donors (Lipinski definition) is 2. The van der Waals surface area contributed by atoms with Crippen molar-refractivity contribution >= 4 is 29.9 Å². The first kappa shape index (κ1) is 27.3. The fraction of sp³-hybridized carbons (Fsp3) is 0.708. The zero-order chi connectivity index (χ0) is 21.7. The van der Waals surface area contributed by atoms with Gasteiger partial charge in [0.1, 0.15) is 0 Å². The fourth-order valence-electron chi connectivity index (χ4n) is 4.21. The Morgan fingerprint density at radius 2 is 1.59 bits per heavy atom. The smallest absolute Gasteiger partial charge is 0.191 e. The molecule has 8 heteroatoms. The van der Waals surface area contributed by atoms with Crippen LogP contribution in [-0.4, -0.2) is 99.3 Å². The van der Waals surface area contributed by atoms with E-state index >= 15 is 0 Å². The van der Waals surface area contributed by atoms with Crippen LogP contribution in [0.2, 0.25) is 0 Å². The third kappa shape index (κ3) is 9.51. The molecule has 2 fully saturated rings. The summed E-state index contributed by atoms with van der Waals surface area (Å²) in [7, 11) is 0. The van der Waals surface area contributed by atoms with E-state index in [4.69, 9.17) is 9.73 Å². The lowest BCUT2D eigenvalue weighted by atomic mass is 10.1. The van der Waals surface area contributed by atoms with E-state index in [9.17, 15) is 0 Å². The summed E-state index contributed by atoms with van der Waals surface area (Å²) in [5, 5.41) is 6.90. The number of aliphatic imine (C=N–C) groups is 1. The molecule has 0 aliphatic carbocycles. The van der Waals surface area contributed by atoms with E-state index in [1.54, 1.807) is 0 Å². The number of likely N-dealkylation sites (N-methyl/N-ethyl adjacent to an activating group) is 1. The Morgan fingerprint density at radius 3 is 2.28 bits per heavy atom. The first-order valence-corrected chi connectivity index (χ1v) is 12.1. The van der Waals surface area contributed by atoms with E-state index in [0.717, 1.165) is 84.5 Å². The van der Waals surface area contributed by atoms with Gasteiger partial charge in [-0.15, -0.1) is 24.0 Å². The lowest BCUT2D eigenvalue weighted by molar-refractivity contribution is 0.0376. The van der Waals surface area contributed by atoms with Gasteiger partial charge in [-0.2, -0.15) is 0 Å². The summed E-state index contributed by atoms with van der Waals surface area (Å²) in [5.41, 5.74) is 2.73. The third-order valence-corrected chi connectivity index (χ3v) is 6.22. The number of guanidine groups is 1. The number of halogens is 1. The van der Waals surface area contributed by atoms with Gasteiger partial charge in [0.2, 0.25) is 0 Å². The van der Waals surface area contributed by atoms with Crippen molar-refractivity contribution in [2.24, 2.45) is 4.99 Å². The minimum atomic E-state index is 0. The number of nitrogens with zero attached hydrogens (tertiary/aromatic N) is 4. The van der Waals surface area contributed by atoms with Crippen molar-refractivity contribution in [3.8, 4) is 0 Å². The van der Waals surface area contributed by atoms with E-state index in [0.29, 0.717) is 6.54 Å². The van der Waals surface area contributed by atoms with Gasteiger partial charge in [-0.25, -0.2) is 4.99 Å². The minimum Gasteiger partial charge on any atom is -0.379 e. The molecular weight excluding hydrogens is 515 g/mol. The number of benzene rings is 1. The first-order chi connectivity index (χ1) is 15.3. The number of piperazine rings is 1. The van der Waals surface area contributed by atoms with Crippen LogP contribution in [0, 0.1) is 0 Å². The molecular formula is C24H43IN6O. The highest BCUT2D eigenvalue weighted by atomic mass is 127. The maximum atomic E-state index is 5.43. The summed E-state index contributed by atoms with van der Waals surface area (Å²) >= 11 is 0. The Hall–Kier alpha value is -0.940. The second-order valence-electron chi connectivity index (χ2n) is 8.41. The Kier molecular flexibility index (Phi) is 13.5. The number of ether oxygens (including phenoxy) is 1. The topological polar surface area (TPSA) is 55.4 Å². The molecule has 0 bridgehead atoms. The highest BCUT2D eigenvalue weighted by Crippen LogP contribution is 2.14. The molecule has 0 saturated carbocycles. The molecule has 0 amide bonds. The molecule has 182 valence electrons. The van der Waals surface area contributed by atoms with Gasteiger partial charge in [0.25, 0.3) is 0 Å². The van der Waals surface area contributed by atoms with Crippen LogP contribution in [0.15, 0.2) is 29.3 Å². The number of nitrogens with one attached hydrogen (secondary N) is 2. The summed E-state index contributed by atoms with van der Waals surface area (Å²) in [6.07, 6.45) is 1.12. The molecule has 0 radical (unpaired) electrons. The second-order valence-corrected chi connectivity index (χ2v) is 8.41. The second kappa shape index (κ2) is 15.8. The highest BCUT2D eigenvalue weighted by Gasteiger charge is 2.16. The fourth-order valence-corrected chi connectivity index (χ4v) is 4.21. The summed E-state index contributed by atoms with van der Waals surface area (Å²) in [6, 6.07) is 8.77. The van der Waals surface area contributed by atoms with Crippen molar-refractivity contribution in [1.29, 1.82) is 0 Å². The van der Waals surface area contributed by atoms with E-state index in [-0.39, 0.29) is 24.0 Å². The predicted octanol–water partition coefficient (Wildman–Crippen LogP) is 2.22. The van der Waals surface area contributed by atoms with E-state index in [1.165, 1.54) is 24.2 Å². The zero-order valence-electron chi connectivity index (χ0n) is 20.0. The Bertz CT molecular complexity index is 660. The Morgan fingerprint density at radius 1 is 0.906 bits per heavy atom. The van der Waals surface area contributed by atoms with Crippen molar-refractivity contribution in [2.45, 2.75) is 33.4 Å². The van der Waals surface area contributed by atoms with Gasteiger partial charge in [-0.05, 0) is 37.6 Å². The van der Waals surface area contributed by atoms with Crippen LogP contribution in [0.5, 0.6) is 0 Å². The van der Waals surface area contributed by atoms with Crippen LogP contribution in [0.1, 0.15) is 31.4 Å². The first-order valence-electron chi connectivity index (χ1n) is 12.1. The largest absolute Gasteiger partial charge is 0.379 e. The average Bonchev–Trinajstić information content (AvgIpc) is 2.82. The molecule has 7 nitrogen and oxygen atoms in total. The number of hydrogen-bond acceptors (Lipinski definition) is 5. The maximum Gasteiger partial charge on any atom is 0.191 e. The van der Waals surface area contributed by atoms with Gasteiger partial charge >= 0.3 is 0 Å². The highest BCUT2D eigenvalue weighted by molar-refractivity contribution is 14.0. The van der Waals surface area contributed by atoms with Gasteiger partial charge in [-0.1, -0.05) is 31.2 Å². The monoisotopic (exact) mass is 558 g/mol. The van der Waals surface area contributed by atoms with Gasteiger partial charge in [0.15, 0.2) is 5.96 Å². The quantitative estimate of drug-likeness (QED) is 0.199. The van der Waals surface area contributed by atoms with Crippen molar-refractivity contribution < 1.29 is 4.74 Å². The normalized spacial score (nSPS) is 18.9. The van der Waals surface area contributed by atoms with E-state index in [1.807, 2.05) is 0 Å². The van der Waals surface area contributed by atoms with Crippen LogP contribution < -0.4 is 10.6 Å². The van der Waals surface area contributed by atoms with Crippen molar-refractivity contribution in [1.82, 2.24) is 25.3 Å². The number of morpholine rings is 1.